The van der Waals surface area contributed by atoms with Crippen molar-refractivity contribution in [1.82, 2.24) is 19.6 Å². The predicted octanol–water partition coefficient (Wildman–Crippen LogP) is 4.89. The zero-order valence-corrected chi connectivity index (χ0v) is 18.4. The van der Waals surface area contributed by atoms with Crippen LogP contribution in [0.5, 0.6) is 5.75 Å². The minimum Gasteiger partial charge on any atom is -0.471 e. The zero-order valence-electron chi connectivity index (χ0n) is 16.8. The fourth-order valence-corrected chi connectivity index (χ4v) is 4.02. The molecule has 31 heavy (non-hydrogen) atoms. The van der Waals surface area contributed by atoms with E-state index >= 15 is 0 Å². The topological polar surface area (TPSA) is 74.0 Å². The number of aromatic nitrogens is 4. The molecular formula is C21H19ClFN5O2S. The molecule has 0 aliphatic carbocycles. The molecule has 1 aromatic carbocycles. The second kappa shape index (κ2) is 8.91. The van der Waals surface area contributed by atoms with E-state index in [0.29, 0.717) is 33.6 Å². The smallest absolute Gasteiger partial charge is 0.265 e. The maximum atomic E-state index is 13.3. The summed E-state index contributed by atoms with van der Waals surface area (Å²) in [7, 11) is 0. The van der Waals surface area contributed by atoms with Crippen LogP contribution in [0.1, 0.15) is 26.6 Å². The molecule has 7 nitrogen and oxygen atoms in total. The number of carbonyl (C=O) groups is 1. The fraction of sp³-hybridized carbons (Fsp3) is 0.190. The standard InChI is InChI=1S/C21H19ClFN5O2S/c1-13-20(14(2)28(26-13)12-30-18-5-3-4-17(23)7-18)25-21(29)19-6-15(11-31-19)9-27-10-16(22)8-24-27/h3-8,10-11H,9,12H2,1-2H3,(H,25,29). The van der Waals surface area contributed by atoms with Crippen molar-refractivity contribution in [1.29, 1.82) is 0 Å². The van der Waals surface area contributed by atoms with Gasteiger partial charge in [0.2, 0.25) is 0 Å². The van der Waals surface area contributed by atoms with Crippen LogP contribution in [-0.4, -0.2) is 25.5 Å². The maximum Gasteiger partial charge on any atom is 0.265 e. The van der Waals surface area contributed by atoms with E-state index < -0.39 is 0 Å². The first kappa shape index (κ1) is 21.1. The van der Waals surface area contributed by atoms with Crippen LogP contribution in [0.2, 0.25) is 5.02 Å². The van der Waals surface area contributed by atoms with Crippen molar-refractivity contribution in [2.75, 3.05) is 5.32 Å². The first-order valence-electron chi connectivity index (χ1n) is 9.38. The number of halogens is 2. The van der Waals surface area contributed by atoms with E-state index in [0.717, 1.165) is 11.3 Å². The van der Waals surface area contributed by atoms with E-state index in [1.807, 2.05) is 25.3 Å². The third-order valence-electron chi connectivity index (χ3n) is 4.59. The Hall–Kier alpha value is -3.17. The highest BCUT2D eigenvalue weighted by atomic mass is 35.5. The van der Waals surface area contributed by atoms with Crippen molar-refractivity contribution in [2.24, 2.45) is 0 Å². The number of rotatable bonds is 7. The molecule has 0 radical (unpaired) electrons. The second-order valence-corrected chi connectivity index (χ2v) is 8.25. The summed E-state index contributed by atoms with van der Waals surface area (Å²) in [6.07, 6.45) is 3.30. The van der Waals surface area contributed by atoms with Crippen LogP contribution < -0.4 is 10.1 Å². The Morgan fingerprint density at radius 3 is 2.90 bits per heavy atom. The molecule has 0 unspecified atom stereocenters. The molecular weight excluding hydrogens is 441 g/mol. The average molecular weight is 460 g/mol. The van der Waals surface area contributed by atoms with Gasteiger partial charge < -0.3 is 10.1 Å². The predicted molar refractivity (Wildman–Crippen MR) is 117 cm³/mol. The molecule has 0 atom stereocenters. The Labute approximate surface area is 187 Å². The minimum atomic E-state index is -0.371. The number of amides is 1. The number of aryl methyl sites for hydroxylation is 1. The second-order valence-electron chi connectivity index (χ2n) is 6.91. The molecule has 0 aliphatic rings. The molecule has 1 amide bonds. The lowest BCUT2D eigenvalue weighted by Gasteiger charge is -2.08. The first-order chi connectivity index (χ1) is 14.9. The van der Waals surface area contributed by atoms with Crippen molar-refractivity contribution < 1.29 is 13.9 Å². The van der Waals surface area contributed by atoms with Gasteiger partial charge in [0.05, 0.1) is 39.7 Å². The maximum absolute atomic E-state index is 13.3. The molecule has 1 N–H and O–H groups in total. The number of hydrogen-bond acceptors (Lipinski definition) is 5. The highest BCUT2D eigenvalue weighted by Gasteiger charge is 2.17. The molecule has 0 saturated heterocycles. The van der Waals surface area contributed by atoms with Gasteiger partial charge in [-0.05, 0) is 43.0 Å². The normalized spacial score (nSPS) is 11.0. The van der Waals surface area contributed by atoms with Crippen LogP contribution in [0.15, 0.2) is 48.1 Å². The van der Waals surface area contributed by atoms with E-state index in [-0.39, 0.29) is 18.5 Å². The molecule has 10 heteroatoms. The van der Waals surface area contributed by atoms with E-state index in [4.69, 9.17) is 16.3 Å². The Bertz CT molecular complexity index is 1230. The van der Waals surface area contributed by atoms with Gasteiger partial charge in [0.1, 0.15) is 11.6 Å². The largest absolute Gasteiger partial charge is 0.471 e. The summed E-state index contributed by atoms with van der Waals surface area (Å²) >= 11 is 7.25. The molecule has 0 bridgehead atoms. The first-order valence-corrected chi connectivity index (χ1v) is 10.6. The van der Waals surface area contributed by atoms with E-state index in [9.17, 15) is 9.18 Å². The van der Waals surface area contributed by atoms with Crippen LogP contribution in [0.25, 0.3) is 0 Å². The van der Waals surface area contributed by atoms with Gasteiger partial charge in [-0.1, -0.05) is 17.7 Å². The molecule has 0 aliphatic heterocycles. The Morgan fingerprint density at radius 1 is 1.32 bits per heavy atom. The number of nitrogens with zero attached hydrogens (tertiary/aromatic N) is 4. The molecule has 4 aromatic rings. The minimum absolute atomic E-state index is 0.0988. The third-order valence-corrected chi connectivity index (χ3v) is 5.77. The SMILES string of the molecule is Cc1nn(COc2cccc(F)c2)c(C)c1NC(=O)c1cc(Cn2cc(Cl)cn2)cs1. The lowest BCUT2D eigenvalue weighted by Crippen LogP contribution is -2.13. The van der Waals surface area contributed by atoms with Crippen molar-refractivity contribution in [3.8, 4) is 5.75 Å². The number of ether oxygens (including phenoxy) is 1. The summed E-state index contributed by atoms with van der Waals surface area (Å²) in [4.78, 5) is 13.3. The number of nitrogens with one attached hydrogen (secondary N) is 1. The number of benzene rings is 1. The van der Waals surface area contributed by atoms with Crippen LogP contribution in [0, 0.1) is 19.7 Å². The van der Waals surface area contributed by atoms with E-state index in [2.05, 4.69) is 15.5 Å². The number of hydrogen-bond donors (Lipinski definition) is 1. The summed E-state index contributed by atoms with van der Waals surface area (Å²) in [6.45, 7) is 4.28. The summed E-state index contributed by atoms with van der Waals surface area (Å²) in [5, 5.41) is 14.0. The van der Waals surface area contributed by atoms with Crippen LogP contribution in [-0.2, 0) is 13.3 Å². The Morgan fingerprint density at radius 2 is 2.16 bits per heavy atom. The quantitative estimate of drug-likeness (QED) is 0.427. The van der Waals surface area contributed by atoms with Crippen molar-refractivity contribution >= 4 is 34.5 Å². The zero-order chi connectivity index (χ0) is 22.0. The monoisotopic (exact) mass is 459 g/mol. The van der Waals surface area contributed by atoms with E-state index in [1.54, 1.807) is 33.9 Å². The highest BCUT2D eigenvalue weighted by Crippen LogP contribution is 2.23. The number of carbonyl (C=O) groups excluding carboxylic acids is 1. The van der Waals surface area contributed by atoms with Crippen LogP contribution in [0.3, 0.4) is 0 Å². The highest BCUT2D eigenvalue weighted by molar-refractivity contribution is 7.12. The molecule has 0 fully saturated rings. The van der Waals surface area contributed by atoms with Crippen molar-refractivity contribution in [3.05, 3.63) is 80.8 Å². The van der Waals surface area contributed by atoms with Gasteiger partial charge in [0, 0.05) is 12.3 Å². The lowest BCUT2D eigenvalue weighted by molar-refractivity contribution is 0.103. The Kier molecular flexibility index (Phi) is 6.06. The van der Waals surface area contributed by atoms with Crippen LogP contribution >= 0.6 is 22.9 Å². The molecule has 3 aromatic heterocycles. The van der Waals surface area contributed by atoms with Crippen LogP contribution in [0.4, 0.5) is 10.1 Å². The van der Waals surface area contributed by atoms with Gasteiger partial charge in [0.25, 0.3) is 5.91 Å². The van der Waals surface area contributed by atoms with Gasteiger partial charge in [-0.2, -0.15) is 10.2 Å². The van der Waals surface area contributed by atoms with E-state index in [1.165, 1.54) is 23.5 Å². The Balaban J connectivity index is 1.42. The van der Waals surface area contributed by atoms with Gasteiger partial charge in [-0.25, -0.2) is 9.07 Å². The molecule has 160 valence electrons. The van der Waals surface area contributed by atoms with Gasteiger partial charge in [0.15, 0.2) is 6.73 Å². The van der Waals surface area contributed by atoms with Gasteiger partial charge in [-0.3, -0.25) is 9.48 Å². The van der Waals surface area contributed by atoms with Crippen molar-refractivity contribution in [2.45, 2.75) is 27.1 Å². The lowest BCUT2D eigenvalue weighted by atomic mass is 10.2. The average Bonchev–Trinajstić information content (AvgIpc) is 3.43. The third kappa shape index (κ3) is 4.95. The van der Waals surface area contributed by atoms with Crippen molar-refractivity contribution in [3.63, 3.8) is 0 Å². The molecule has 3 heterocycles. The summed E-state index contributed by atoms with van der Waals surface area (Å²) < 4.78 is 22.2. The summed E-state index contributed by atoms with van der Waals surface area (Å²) in [6, 6.07) is 7.73. The number of thiophene rings is 1. The molecule has 0 spiro atoms. The van der Waals surface area contributed by atoms with Gasteiger partial charge >= 0.3 is 0 Å². The summed E-state index contributed by atoms with van der Waals surface area (Å²) in [5.41, 5.74) is 2.99. The van der Waals surface area contributed by atoms with Gasteiger partial charge in [-0.15, -0.1) is 11.3 Å². The number of anilines is 1. The summed E-state index contributed by atoms with van der Waals surface area (Å²) in [5.74, 6) is -0.181. The fourth-order valence-electron chi connectivity index (χ4n) is 3.06. The molecule has 4 rings (SSSR count). The molecule has 0 saturated carbocycles.